The fourth-order valence-corrected chi connectivity index (χ4v) is 4.40. The van der Waals surface area contributed by atoms with E-state index in [1.165, 1.54) is 0 Å². The van der Waals surface area contributed by atoms with Crippen molar-refractivity contribution in [3.8, 4) is 11.5 Å². The van der Waals surface area contributed by atoms with Crippen molar-refractivity contribution in [2.45, 2.75) is 32.2 Å². The lowest BCUT2D eigenvalue weighted by atomic mass is 9.81. The predicted octanol–water partition coefficient (Wildman–Crippen LogP) is 2.24. The zero-order valence-electron chi connectivity index (χ0n) is 14.7. The predicted molar refractivity (Wildman–Crippen MR) is 93.3 cm³/mol. The maximum atomic E-state index is 12.5. The number of carboxylic acids is 1. The SMILES string of the molecule is O=C(NCc1ccc2c(c1)OCCCO2)N1C[C@@H]2CCC[C@@]2(C(=O)O)C1. The van der Waals surface area contributed by atoms with E-state index in [0.29, 0.717) is 45.0 Å². The summed E-state index contributed by atoms with van der Waals surface area (Å²) in [6.07, 6.45) is 3.34. The molecule has 0 spiro atoms. The maximum Gasteiger partial charge on any atom is 0.317 e. The highest BCUT2D eigenvalue weighted by Gasteiger charge is 2.55. The molecule has 0 unspecified atom stereocenters. The van der Waals surface area contributed by atoms with Crippen LogP contribution in [0.5, 0.6) is 11.5 Å². The van der Waals surface area contributed by atoms with Crippen LogP contribution in [0.1, 0.15) is 31.2 Å². The first kappa shape index (κ1) is 17.0. The molecule has 7 heteroatoms. The van der Waals surface area contributed by atoms with Crippen molar-refractivity contribution in [3.05, 3.63) is 23.8 Å². The molecule has 2 fully saturated rings. The Hall–Kier alpha value is -2.44. The average Bonchev–Trinajstić information content (AvgIpc) is 3.10. The lowest BCUT2D eigenvalue weighted by Gasteiger charge is -2.23. The number of aliphatic carboxylic acids is 1. The highest BCUT2D eigenvalue weighted by molar-refractivity contribution is 5.80. The van der Waals surface area contributed by atoms with Gasteiger partial charge in [0.25, 0.3) is 0 Å². The monoisotopic (exact) mass is 360 g/mol. The van der Waals surface area contributed by atoms with Gasteiger partial charge in [0, 0.05) is 26.1 Å². The largest absolute Gasteiger partial charge is 0.490 e. The van der Waals surface area contributed by atoms with Crippen molar-refractivity contribution in [3.63, 3.8) is 0 Å². The Morgan fingerprint density at radius 1 is 1.23 bits per heavy atom. The maximum absolute atomic E-state index is 12.5. The summed E-state index contributed by atoms with van der Waals surface area (Å²) in [5, 5.41) is 12.5. The quantitative estimate of drug-likeness (QED) is 0.863. The van der Waals surface area contributed by atoms with Gasteiger partial charge in [-0.25, -0.2) is 4.79 Å². The number of urea groups is 1. The molecule has 2 N–H and O–H groups in total. The molecule has 3 aliphatic rings. The van der Waals surface area contributed by atoms with Crippen LogP contribution in [0.15, 0.2) is 18.2 Å². The minimum Gasteiger partial charge on any atom is -0.490 e. The second-order valence-corrected chi connectivity index (χ2v) is 7.42. The number of nitrogens with zero attached hydrogens (tertiary/aromatic N) is 1. The van der Waals surface area contributed by atoms with E-state index in [0.717, 1.165) is 30.6 Å². The van der Waals surface area contributed by atoms with Gasteiger partial charge in [-0.1, -0.05) is 12.5 Å². The van der Waals surface area contributed by atoms with Crippen LogP contribution >= 0.6 is 0 Å². The van der Waals surface area contributed by atoms with E-state index < -0.39 is 11.4 Å². The summed E-state index contributed by atoms with van der Waals surface area (Å²) in [4.78, 5) is 25.9. The molecule has 1 saturated carbocycles. The lowest BCUT2D eigenvalue weighted by Crippen LogP contribution is -2.41. The van der Waals surface area contributed by atoms with Gasteiger partial charge in [0.15, 0.2) is 11.5 Å². The Morgan fingerprint density at radius 2 is 2.04 bits per heavy atom. The average molecular weight is 360 g/mol. The van der Waals surface area contributed by atoms with Crippen molar-refractivity contribution in [1.29, 1.82) is 0 Å². The van der Waals surface area contributed by atoms with E-state index in [1.807, 2.05) is 18.2 Å². The normalized spacial score (nSPS) is 26.9. The zero-order chi connectivity index (χ0) is 18.1. The van der Waals surface area contributed by atoms with E-state index in [-0.39, 0.29) is 11.9 Å². The topological polar surface area (TPSA) is 88.1 Å². The Labute approximate surface area is 152 Å². The van der Waals surface area contributed by atoms with Gasteiger partial charge in [0.2, 0.25) is 0 Å². The summed E-state index contributed by atoms with van der Waals surface area (Å²) in [6, 6.07) is 5.46. The molecule has 4 rings (SSSR count). The third-order valence-corrected chi connectivity index (χ3v) is 5.84. The summed E-state index contributed by atoms with van der Waals surface area (Å²) < 4.78 is 11.3. The number of ether oxygens (including phenoxy) is 2. The summed E-state index contributed by atoms with van der Waals surface area (Å²) in [7, 11) is 0. The third-order valence-electron chi connectivity index (χ3n) is 5.84. The fourth-order valence-electron chi connectivity index (χ4n) is 4.40. The Kier molecular flexibility index (Phi) is 4.38. The van der Waals surface area contributed by atoms with Crippen molar-refractivity contribution in [2.24, 2.45) is 11.3 Å². The lowest BCUT2D eigenvalue weighted by molar-refractivity contribution is -0.149. The minimum atomic E-state index is -0.766. The Morgan fingerprint density at radius 3 is 2.81 bits per heavy atom. The van der Waals surface area contributed by atoms with Crippen molar-refractivity contribution < 1.29 is 24.2 Å². The molecule has 1 aliphatic carbocycles. The van der Waals surface area contributed by atoms with E-state index in [1.54, 1.807) is 4.90 Å². The summed E-state index contributed by atoms with van der Waals surface area (Å²) in [5.41, 5.74) is 0.182. The van der Waals surface area contributed by atoms with Crippen molar-refractivity contribution in [2.75, 3.05) is 26.3 Å². The van der Waals surface area contributed by atoms with Gasteiger partial charge in [0.1, 0.15) is 0 Å². The van der Waals surface area contributed by atoms with Crippen LogP contribution in [-0.2, 0) is 11.3 Å². The number of carboxylic acid groups (broad SMARTS) is 1. The summed E-state index contributed by atoms with van der Waals surface area (Å²) >= 11 is 0. The molecule has 0 aromatic heterocycles. The van der Waals surface area contributed by atoms with Gasteiger partial charge in [-0.05, 0) is 36.5 Å². The number of hydrogen-bond acceptors (Lipinski definition) is 4. The van der Waals surface area contributed by atoms with E-state index in [2.05, 4.69) is 5.32 Å². The van der Waals surface area contributed by atoms with Gasteiger partial charge in [-0.3, -0.25) is 4.79 Å². The molecule has 2 heterocycles. The molecule has 7 nitrogen and oxygen atoms in total. The van der Waals surface area contributed by atoms with Crippen molar-refractivity contribution in [1.82, 2.24) is 10.2 Å². The van der Waals surface area contributed by atoms with E-state index in [4.69, 9.17) is 9.47 Å². The number of benzene rings is 1. The number of rotatable bonds is 3. The van der Waals surface area contributed by atoms with Gasteiger partial charge in [0.05, 0.1) is 18.6 Å². The highest BCUT2D eigenvalue weighted by atomic mass is 16.5. The molecular formula is C19H24N2O5. The minimum absolute atomic E-state index is 0.0730. The first-order chi connectivity index (χ1) is 12.6. The summed E-state index contributed by atoms with van der Waals surface area (Å²) in [6.45, 7) is 2.47. The van der Waals surface area contributed by atoms with Crippen LogP contribution in [0.4, 0.5) is 4.79 Å². The van der Waals surface area contributed by atoms with E-state index >= 15 is 0 Å². The number of fused-ring (bicyclic) bond motifs is 2. The molecule has 1 aromatic carbocycles. The molecule has 2 amide bonds. The first-order valence-corrected chi connectivity index (χ1v) is 9.23. The molecule has 1 aromatic rings. The molecule has 0 radical (unpaired) electrons. The number of carbonyl (C=O) groups excluding carboxylic acids is 1. The molecule has 0 bridgehead atoms. The van der Waals surface area contributed by atoms with Crippen molar-refractivity contribution >= 4 is 12.0 Å². The summed E-state index contributed by atoms with van der Waals surface area (Å²) in [5.74, 6) is 0.741. The first-order valence-electron chi connectivity index (χ1n) is 9.23. The van der Waals surface area contributed by atoms with Crippen LogP contribution in [0.25, 0.3) is 0 Å². The number of amides is 2. The Balaban J connectivity index is 1.38. The number of nitrogens with one attached hydrogen (secondary N) is 1. The van der Waals surface area contributed by atoms with Crippen LogP contribution < -0.4 is 14.8 Å². The molecule has 2 atom stereocenters. The molecular weight excluding hydrogens is 336 g/mol. The molecule has 2 aliphatic heterocycles. The second kappa shape index (κ2) is 6.70. The van der Waals surface area contributed by atoms with Crippen LogP contribution in [0.2, 0.25) is 0 Å². The van der Waals surface area contributed by atoms with E-state index in [9.17, 15) is 14.7 Å². The molecule has 26 heavy (non-hydrogen) atoms. The van der Waals surface area contributed by atoms with Crippen LogP contribution in [0.3, 0.4) is 0 Å². The molecule has 1 saturated heterocycles. The van der Waals surface area contributed by atoms with Gasteiger partial charge in [-0.2, -0.15) is 0 Å². The third kappa shape index (κ3) is 2.95. The number of hydrogen-bond donors (Lipinski definition) is 2. The smallest absolute Gasteiger partial charge is 0.317 e. The van der Waals surface area contributed by atoms with Crippen LogP contribution in [-0.4, -0.2) is 48.3 Å². The zero-order valence-corrected chi connectivity index (χ0v) is 14.7. The number of likely N-dealkylation sites (tertiary alicyclic amines) is 1. The number of carbonyl (C=O) groups is 2. The second-order valence-electron chi connectivity index (χ2n) is 7.42. The standard InChI is InChI=1S/C19H24N2O5/c22-17(23)19-6-1-3-14(19)11-21(12-19)18(24)20-10-13-4-5-15-16(9-13)26-8-2-7-25-15/h4-5,9,14H,1-3,6-8,10-12H2,(H,20,24)(H,22,23)/t14-,19+/m0/s1. The van der Waals surface area contributed by atoms with Gasteiger partial charge >= 0.3 is 12.0 Å². The fraction of sp³-hybridized carbons (Fsp3) is 0.579. The highest BCUT2D eigenvalue weighted by Crippen LogP contribution is 2.48. The van der Waals surface area contributed by atoms with Crippen LogP contribution in [0, 0.1) is 11.3 Å². The Bertz CT molecular complexity index is 722. The molecule has 140 valence electrons. The van der Waals surface area contributed by atoms with Gasteiger partial charge in [-0.15, -0.1) is 0 Å². The van der Waals surface area contributed by atoms with Gasteiger partial charge < -0.3 is 24.8 Å².